The molecule has 19 heteroatoms. The van der Waals surface area contributed by atoms with Crippen molar-refractivity contribution in [2.75, 3.05) is 26.6 Å². The van der Waals surface area contributed by atoms with E-state index in [1.54, 1.807) is 47.7 Å². The Morgan fingerprint density at radius 2 is 1.45 bits per heavy atom. The van der Waals surface area contributed by atoms with E-state index >= 15 is 0 Å². The summed E-state index contributed by atoms with van der Waals surface area (Å²) < 4.78 is 1.74. The van der Waals surface area contributed by atoms with Gasteiger partial charge in [0, 0.05) is 31.3 Å². The summed E-state index contributed by atoms with van der Waals surface area (Å²) in [5.74, 6) is 1.20. The van der Waals surface area contributed by atoms with Gasteiger partial charge in [-0.3, -0.25) is 14.2 Å². The van der Waals surface area contributed by atoms with Crippen LogP contribution in [0.2, 0.25) is 10.0 Å². The summed E-state index contributed by atoms with van der Waals surface area (Å²) in [6.45, 7) is 3.98. The number of benzene rings is 2. The summed E-state index contributed by atoms with van der Waals surface area (Å²) in [4.78, 5) is 48.5. The van der Waals surface area contributed by atoms with Crippen LogP contribution in [0.25, 0.3) is 5.82 Å². The molecule has 0 radical (unpaired) electrons. The second kappa shape index (κ2) is 15.7. The van der Waals surface area contributed by atoms with E-state index in [-0.39, 0.29) is 18.4 Å². The van der Waals surface area contributed by atoms with Crippen LogP contribution in [-0.2, 0) is 6.54 Å². The number of carbonyl (C=O) groups is 2. The van der Waals surface area contributed by atoms with Crippen molar-refractivity contribution in [3.63, 3.8) is 0 Å². The van der Waals surface area contributed by atoms with Gasteiger partial charge in [0.15, 0.2) is 33.5 Å². The van der Waals surface area contributed by atoms with Crippen LogP contribution in [0.1, 0.15) is 36.0 Å². The minimum atomic E-state index is -0.369. The molecule has 7 rings (SSSR count). The maximum atomic E-state index is 13.3. The molecule has 2 amide bonds. The maximum Gasteiger partial charge on any atom is 0.267 e. The predicted octanol–water partition coefficient (Wildman–Crippen LogP) is 7.89. The zero-order valence-electron chi connectivity index (χ0n) is 27.8. The van der Waals surface area contributed by atoms with Gasteiger partial charge in [0.05, 0.1) is 33.8 Å². The quantitative estimate of drug-likeness (QED) is 0.0807. The Morgan fingerprint density at radius 1 is 0.755 bits per heavy atom. The molecule has 2 aromatic carbocycles. The van der Waals surface area contributed by atoms with Crippen molar-refractivity contribution in [2.45, 2.75) is 20.4 Å². The van der Waals surface area contributed by atoms with Crippen LogP contribution >= 0.6 is 45.9 Å². The molecule has 0 atom stereocenters. The zero-order valence-corrected chi connectivity index (χ0v) is 30.9. The first-order valence-electron chi connectivity index (χ1n) is 15.7. The zero-order chi connectivity index (χ0) is 36.9. The number of aromatic nitrogens is 8. The second-order valence-corrected chi connectivity index (χ2v) is 14.1. The van der Waals surface area contributed by atoms with Crippen LogP contribution in [-0.4, -0.2) is 51.5 Å². The number of aryl methyl sites for hydroxylation is 2. The Labute approximate surface area is 319 Å². The molecule has 0 bridgehead atoms. The van der Waals surface area contributed by atoms with E-state index in [9.17, 15) is 9.59 Å². The molecule has 0 aliphatic carbocycles. The van der Waals surface area contributed by atoms with Gasteiger partial charge in [-0.25, -0.2) is 24.9 Å². The molecule has 15 nitrogen and oxygen atoms in total. The number of carbonyl (C=O) groups excluding carboxylic acids is 2. The summed E-state index contributed by atoms with van der Waals surface area (Å²) in [6, 6.07) is 12.7. The van der Waals surface area contributed by atoms with Gasteiger partial charge in [-0.2, -0.15) is 0 Å². The van der Waals surface area contributed by atoms with Gasteiger partial charge < -0.3 is 26.6 Å². The third kappa shape index (κ3) is 8.23. The summed E-state index contributed by atoms with van der Waals surface area (Å²) >= 11 is 15.4. The van der Waals surface area contributed by atoms with Crippen molar-refractivity contribution in [1.82, 2.24) is 39.7 Å². The highest BCUT2D eigenvalue weighted by molar-refractivity contribution is 7.18. The maximum absolute atomic E-state index is 13.3. The number of amides is 2. The predicted molar refractivity (Wildman–Crippen MR) is 208 cm³/mol. The Bertz CT molecular complexity index is 2400. The summed E-state index contributed by atoms with van der Waals surface area (Å²) in [5, 5.41) is 25.3. The van der Waals surface area contributed by atoms with Crippen LogP contribution in [0.4, 0.5) is 39.1 Å². The molecule has 53 heavy (non-hydrogen) atoms. The van der Waals surface area contributed by atoms with E-state index in [0.29, 0.717) is 70.3 Å². The molecule has 0 saturated heterocycles. The van der Waals surface area contributed by atoms with Crippen molar-refractivity contribution < 1.29 is 9.59 Å². The number of hydrogen-bond acceptors (Lipinski definition) is 14. The Kier molecular flexibility index (Phi) is 10.5. The van der Waals surface area contributed by atoms with Crippen LogP contribution in [0.3, 0.4) is 0 Å². The molecule has 5 heterocycles. The van der Waals surface area contributed by atoms with Crippen molar-refractivity contribution in [2.24, 2.45) is 0 Å². The number of thiazole rings is 2. The number of nitrogens with zero attached hydrogens (tertiary/aromatic N) is 8. The van der Waals surface area contributed by atoms with E-state index < -0.39 is 0 Å². The number of halogens is 2. The molecule has 5 N–H and O–H groups in total. The minimum absolute atomic E-state index is 0.257. The highest BCUT2D eigenvalue weighted by Gasteiger charge is 2.18. The molecule has 0 aliphatic heterocycles. The lowest BCUT2D eigenvalue weighted by molar-refractivity contribution is 0.102. The van der Waals surface area contributed by atoms with E-state index in [1.807, 2.05) is 38.1 Å². The smallest absolute Gasteiger partial charge is 0.267 e. The fourth-order valence-corrected chi connectivity index (χ4v) is 6.92. The van der Waals surface area contributed by atoms with Crippen molar-refractivity contribution in [3.05, 3.63) is 122 Å². The largest absolute Gasteiger partial charge is 0.363 e. The molecular formula is C34H27Cl2N13O2S2. The molecule has 266 valence electrons. The van der Waals surface area contributed by atoms with Crippen molar-refractivity contribution in [3.8, 4) is 5.82 Å². The molecule has 7 aromatic rings. The van der Waals surface area contributed by atoms with E-state index in [4.69, 9.17) is 23.2 Å². The van der Waals surface area contributed by atoms with Crippen LogP contribution in [0.5, 0.6) is 0 Å². The molecule has 0 fully saturated rings. The Morgan fingerprint density at radius 3 is 2.13 bits per heavy atom. The summed E-state index contributed by atoms with van der Waals surface area (Å²) in [7, 11) is 0. The van der Waals surface area contributed by atoms with Gasteiger partial charge in [-0.1, -0.05) is 70.1 Å². The van der Waals surface area contributed by atoms with Gasteiger partial charge in [0.2, 0.25) is 0 Å². The first kappa shape index (κ1) is 35.4. The highest BCUT2D eigenvalue weighted by Crippen LogP contribution is 2.33. The van der Waals surface area contributed by atoms with Crippen LogP contribution in [0.15, 0.2) is 86.0 Å². The highest BCUT2D eigenvalue weighted by atomic mass is 35.5. The van der Waals surface area contributed by atoms with Gasteiger partial charge in [-0.15, -0.1) is 10.2 Å². The van der Waals surface area contributed by atoms with Gasteiger partial charge in [-0.05, 0) is 48.7 Å². The summed E-state index contributed by atoms with van der Waals surface area (Å²) in [6.07, 6.45) is 11.1. The number of anilines is 7. The lowest BCUT2D eigenvalue weighted by Gasteiger charge is -2.15. The third-order valence-corrected chi connectivity index (χ3v) is 10.2. The molecule has 0 spiro atoms. The van der Waals surface area contributed by atoms with Gasteiger partial charge >= 0.3 is 0 Å². The van der Waals surface area contributed by atoms with E-state index in [2.05, 4.69) is 61.7 Å². The van der Waals surface area contributed by atoms with E-state index in [0.717, 1.165) is 33.8 Å². The monoisotopic (exact) mass is 783 g/mol. The Hall–Kier alpha value is -6.01. The molecule has 5 aromatic heterocycles. The average Bonchev–Trinajstić information content (AvgIpc) is 3.96. The molecule has 0 aliphatic rings. The first-order valence-corrected chi connectivity index (χ1v) is 18.1. The second-order valence-electron chi connectivity index (χ2n) is 11.2. The molecule has 0 unspecified atom stereocenters. The number of rotatable bonds is 12. The lowest BCUT2D eigenvalue weighted by Crippen LogP contribution is -2.13. The number of imidazole rings is 1. The Balaban J connectivity index is 0.981. The van der Waals surface area contributed by atoms with Gasteiger partial charge in [0.25, 0.3) is 11.8 Å². The van der Waals surface area contributed by atoms with Crippen LogP contribution in [0, 0.1) is 13.8 Å². The number of para-hydroxylation sites is 1. The average molecular weight is 785 g/mol. The lowest BCUT2D eigenvalue weighted by atomic mass is 10.1. The van der Waals surface area contributed by atoms with Crippen molar-refractivity contribution in [1.29, 1.82) is 0 Å². The number of hydrogen-bond donors (Lipinski definition) is 5. The number of nitrogens with one attached hydrogen (secondary N) is 5. The molecular weight excluding hydrogens is 758 g/mol. The topological polar surface area (TPSA) is 189 Å². The summed E-state index contributed by atoms with van der Waals surface area (Å²) in [5.41, 5.74) is 3.34. The third-order valence-electron chi connectivity index (χ3n) is 7.61. The normalized spacial score (nSPS) is 10.9. The fraction of sp³-hybridized carbons (Fsp3) is 0.0882. The fourth-order valence-electron chi connectivity index (χ4n) is 4.89. The van der Waals surface area contributed by atoms with Crippen molar-refractivity contribution >= 4 is 96.8 Å². The van der Waals surface area contributed by atoms with Gasteiger partial charge in [0.1, 0.15) is 16.1 Å². The van der Waals surface area contributed by atoms with Crippen LogP contribution < -0.4 is 26.6 Å². The SMILES string of the molecule is Cc1cccc(Cl)c1NC(=O)c1cnc(Nc2nccnc2NCc2ccc(C)c(NC(=O)c3cnc(Nc4ccc(-n5ccnc5)nn4)s3)c2Cl)s1. The molecule has 0 saturated carbocycles. The minimum Gasteiger partial charge on any atom is -0.363 e. The van der Waals surface area contributed by atoms with E-state index in [1.165, 1.54) is 18.6 Å². The first-order chi connectivity index (χ1) is 25.7. The standard InChI is InChI=1S/C34H27Cl2N13O2S2/c1-18-4-3-5-21(35)27(18)44-31(50)22-16-42-34(53-22)46-30-29(38-10-11-39-30)40-14-20-7-6-19(2)28(26(20)36)45-32(51)23-15-41-33(52-23)43-24-8-9-25(48-47-24)49-13-12-37-17-49/h3-13,15-17H,14H2,1-2H3,(H,38,40)(H,44,50)(H,45,51)(H,39,42,46)(H,41,43,47).